The molecule has 0 spiro atoms. The first-order valence-corrected chi connectivity index (χ1v) is 3.41. The van der Waals surface area contributed by atoms with Gasteiger partial charge in [-0.1, -0.05) is 18.2 Å². The molecule has 0 radical (unpaired) electrons. The first-order valence-electron chi connectivity index (χ1n) is 3.41. The van der Waals surface area contributed by atoms with Gasteiger partial charge in [0, 0.05) is 0 Å². The molecular formula is C9H12O3. The van der Waals surface area contributed by atoms with Crippen LogP contribution in [0.1, 0.15) is 0 Å². The smallest absolute Gasteiger partial charge is 0.157 e. The molecule has 0 saturated carbocycles. The second kappa shape index (κ2) is 6.24. The number of benzene rings is 1. The van der Waals surface area contributed by atoms with E-state index in [1.165, 1.54) is 18.2 Å². The van der Waals surface area contributed by atoms with E-state index in [4.69, 9.17) is 15.3 Å². The van der Waals surface area contributed by atoms with Gasteiger partial charge in [-0.05, 0) is 12.1 Å². The van der Waals surface area contributed by atoms with Crippen LogP contribution in [0.25, 0.3) is 0 Å². The van der Waals surface area contributed by atoms with Gasteiger partial charge in [-0.2, -0.15) is 0 Å². The summed E-state index contributed by atoms with van der Waals surface area (Å²) in [4.78, 5) is 0. The van der Waals surface area contributed by atoms with Crippen LogP contribution in [-0.2, 0) is 0 Å². The number of hydrogen-bond donors (Lipinski definition) is 3. The third-order valence-electron chi connectivity index (χ3n) is 1.01. The minimum absolute atomic E-state index is 0.0764. The highest BCUT2D eigenvalue weighted by Crippen LogP contribution is 2.21. The molecule has 1 aromatic carbocycles. The molecule has 1 aromatic rings. The maximum absolute atomic E-state index is 8.67. The highest BCUT2D eigenvalue weighted by atomic mass is 16.3. The second-order valence-electron chi connectivity index (χ2n) is 1.96. The average Bonchev–Trinajstić information content (AvgIpc) is 2.11. The Hall–Kier alpha value is -1.48. The van der Waals surface area contributed by atoms with E-state index in [1.54, 1.807) is 12.1 Å². The van der Waals surface area contributed by atoms with Gasteiger partial charge in [0.25, 0.3) is 0 Å². The van der Waals surface area contributed by atoms with Crippen LogP contribution in [0.5, 0.6) is 11.5 Å². The molecular weight excluding hydrogens is 156 g/mol. The van der Waals surface area contributed by atoms with Crippen molar-refractivity contribution < 1.29 is 15.3 Å². The van der Waals surface area contributed by atoms with Gasteiger partial charge in [0.1, 0.15) is 0 Å². The molecule has 1 rings (SSSR count). The number of phenolic OH excluding ortho intramolecular Hbond substituents is 2. The number of para-hydroxylation sites is 2. The number of rotatable bonds is 1. The molecule has 3 N–H and O–H groups in total. The van der Waals surface area contributed by atoms with Crippen LogP contribution >= 0.6 is 0 Å². The quantitative estimate of drug-likeness (QED) is 0.437. The lowest BCUT2D eigenvalue weighted by molar-refractivity contribution is 0.343. The highest BCUT2D eigenvalue weighted by molar-refractivity contribution is 5.36. The van der Waals surface area contributed by atoms with Gasteiger partial charge in [-0.25, -0.2) is 0 Å². The largest absolute Gasteiger partial charge is 0.504 e. The van der Waals surface area contributed by atoms with Gasteiger partial charge in [0.15, 0.2) is 11.5 Å². The van der Waals surface area contributed by atoms with Gasteiger partial charge < -0.3 is 15.3 Å². The second-order valence-corrected chi connectivity index (χ2v) is 1.96. The Morgan fingerprint density at radius 2 is 1.50 bits per heavy atom. The molecule has 0 unspecified atom stereocenters. The van der Waals surface area contributed by atoms with Crippen molar-refractivity contribution in [3.05, 3.63) is 36.9 Å². The van der Waals surface area contributed by atoms with E-state index >= 15 is 0 Å². The summed E-state index contributed by atoms with van der Waals surface area (Å²) >= 11 is 0. The molecule has 0 saturated heterocycles. The Kier molecular flexibility index (Phi) is 5.47. The maximum Gasteiger partial charge on any atom is 0.157 e. The lowest BCUT2D eigenvalue weighted by Crippen LogP contribution is -1.63. The van der Waals surface area contributed by atoms with E-state index in [9.17, 15) is 0 Å². The molecule has 0 aliphatic carbocycles. The SMILES string of the molecule is C=CCO.Oc1ccccc1O. The van der Waals surface area contributed by atoms with Crippen molar-refractivity contribution in [3.63, 3.8) is 0 Å². The van der Waals surface area contributed by atoms with E-state index in [0.29, 0.717) is 0 Å². The summed E-state index contributed by atoms with van der Waals surface area (Å²) in [5, 5.41) is 25.1. The molecule has 0 amide bonds. The Morgan fingerprint density at radius 1 is 1.17 bits per heavy atom. The summed E-state index contributed by atoms with van der Waals surface area (Å²) < 4.78 is 0. The molecule has 0 aromatic heterocycles. The average molecular weight is 168 g/mol. The number of phenols is 2. The third-order valence-corrected chi connectivity index (χ3v) is 1.01. The lowest BCUT2D eigenvalue weighted by atomic mass is 10.3. The minimum atomic E-state index is -0.0764. The van der Waals surface area contributed by atoms with Gasteiger partial charge in [0.05, 0.1) is 6.61 Å². The fraction of sp³-hybridized carbons (Fsp3) is 0.111. The topological polar surface area (TPSA) is 60.7 Å². The molecule has 0 atom stereocenters. The molecule has 0 bridgehead atoms. The molecule has 3 heteroatoms. The lowest BCUT2D eigenvalue weighted by Gasteiger charge is -1.91. The number of aromatic hydroxyl groups is 2. The molecule has 66 valence electrons. The standard InChI is InChI=1S/C6H6O2.C3H6O/c7-5-3-1-2-4-6(5)8;1-2-3-4/h1-4,7-8H;2,4H,1,3H2. The Morgan fingerprint density at radius 3 is 1.67 bits per heavy atom. The van der Waals surface area contributed by atoms with Crippen molar-refractivity contribution in [2.45, 2.75) is 0 Å². The van der Waals surface area contributed by atoms with Crippen molar-refractivity contribution in [1.29, 1.82) is 0 Å². The van der Waals surface area contributed by atoms with Crippen LogP contribution in [-0.4, -0.2) is 21.9 Å². The third kappa shape index (κ3) is 4.35. The predicted octanol–water partition coefficient (Wildman–Crippen LogP) is 1.26. The first-order chi connectivity index (χ1) is 5.72. The summed E-state index contributed by atoms with van der Waals surface area (Å²) in [7, 11) is 0. The fourth-order valence-corrected chi connectivity index (χ4v) is 0.464. The zero-order valence-electron chi connectivity index (χ0n) is 6.64. The Labute approximate surface area is 71.2 Å². The van der Waals surface area contributed by atoms with Crippen LogP contribution in [0.2, 0.25) is 0 Å². The van der Waals surface area contributed by atoms with Gasteiger partial charge in [-0.3, -0.25) is 0 Å². The van der Waals surface area contributed by atoms with Crippen LogP contribution in [0.4, 0.5) is 0 Å². The number of hydrogen-bond acceptors (Lipinski definition) is 3. The summed E-state index contributed by atoms with van der Waals surface area (Å²) in [5.74, 6) is -0.153. The molecule has 0 aliphatic rings. The van der Waals surface area contributed by atoms with E-state index in [1.807, 2.05) is 0 Å². The van der Waals surface area contributed by atoms with Crippen LogP contribution in [0, 0.1) is 0 Å². The van der Waals surface area contributed by atoms with Crippen molar-refractivity contribution in [2.75, 3.05) is 6.61 Å². The van der Waals surface area contributed by atoms with E-state index < -0.39 is 0 Å². The Balaban J connectivity index is 0.000000261. The fourth-order valence-electron chi connectivity index (χ4n) is 0.464. The van der Waals surface area contributed by atoms with Crippen molar-refractivity contribution in [3.8, 4) is 11.5 Å². The zero-order chi connectivity index (χ0) is 9.40. The molecule has 0 fully saturated rings. The molecule has 12 heavy (non-hydrogen) atoms. The van der Waals surface area contributed by atoms with Gasteiger partial charge >= 0.3 is 0 Å². The maximum atomic E-state index is 8.67. The molecule has 0 heterocycles. The van der Waals surface area contributed by atoms with Crippen molar-refractivity contribution >= 4 is 0 Å². The molecule has 0 aliphatic heterocycles. The highest BCUT2D eigenvalue weighted by Gasteiger charge is 1.90. The molecule has 3 nitrogen and oxygen atoms in total. The summed E-state index contributed by atoms with van der Waals surface area (Å²) in [6, 6.07) is 6.15. The Bertz CT molecular complexity index is 212. The van der Waals surface area contributed by atoms with E-state index in [-0.39, 0.29) is 18.1 Å². The van der Waals surface area contributed by atoms with Crippen LogP contribution in [0.15, 0.2) is 36.9 Å². The zero-order valence-corrected chi connectivity index (χ0v) is 6.64. The van der Waals surface area contributed by atoms with Crippen LogP contribution < -0.4 is 0 Å². The van der Waals surface area contributed by atoms with Gasteiger partial charge in [-0.15, -0.1) is 6.58 Å². The summed E-state index contributed by atoms with van der Waals surface area (Å²) in [6.45, 7) is 3.31. The van der Waals surface area contributed by atoms with Gasteiger partial charge in [0.2, 0.25) is 0 Å². The number of aliphatic hydroxyl groups excluding tert-OH is 1. The van der Waals surface area contributed by atoms with E-state index in [2.05, 4.69) is 6.58 Å². The van der Waals surface area contributed by atoms with Crippen LogP contribution in [0.3, 0.4) is 0 Å². The van der Waals surface area contributed by atoms with Crippen molar-refractivity contribution in [1.82, 2.24) is 0 Å². The normalized spacial score (nSPS) is 8.08. The monoisotopic (exact) mass is 168 g/mol. The van der Waals surface area contributed by atoms with Crippen molar-refractivity contribution in [2.24, 2.45) is 0 Å². The first kappa shape index (κ1) is 10.5. The predicted molar refractivity (Wildman–Crippen MR) is 47.1 cm³/mol. The number of aliphatic hydroxyl groups is 1. The van der Waals surface area contributed by atoms with E-state index in [0.717, 1.165) is 0 Å². The summed E-state index contributed by atoms with van der Waals surface area (Å²) in [6.07, 6.45) is 1.43. The summed E-state index contributed by atoms with van der Waals surface area (Å²) in [5.41, 5.74) is 0. The minimum Gasteiger partial charge on any atom is -0.504 e.